The molecule has 0 atom stereocenters. The van der Waals surface area contributed by atoms with Gasteiger partial charge in [-0.1, -0.05) is 0 Å². The van der Waals surface area contributed by atoms with Gasteiger partial charge < -0.3 is 19.9 Å². The molecule has 3 N–H and O–H groups in total. The lowest BCUT2D eigenvalue weighted by Crippen LogP contribution is -2.30. The van der Waals surface area contributed by atoms with Crippen LogP contribution in [0.25, 0.3) is 0 Å². The highest BCUT2D eigenvalue weighted by Gasteiger charge is 2.13. The number of hydrogen-bond acceptors (Lipinski definition) is 6. The number of hydrazine groups is 1. The summed E-state index contributed by atoms with van der Waals surface area (Å²) in [5.74, 6) is -0.369. The molecule has 0 unspecified atom stereocenters. The fourth-order valence-electron chi connectivity index (χ4n) is 1.27. The molecule has 0 aliphatic heterocycles. The molecule has 0 spiro atoms. The average Bonchev–Trinajstić information content (AvgIpc) is 2.78. The van der Waals surface area contributed by atoms with Crippen LogP contribution in [0.3, 0.4) is 0 Å². The summed E-state index contributed by atoms with van der Waals surface area (Å²) in [4.78, 5) is 25.4. The number of ether oxygens (including phenoxy) is 2. The molecule has 0 aliphatic rings. The van der Waals surface area contributed by atoms with Gasteiger partial charge >= 0.3 is 11.9 Å². The van der Waals surface area contributed by atoms with Gasteiger partial charge in [-0.15, -0.1) is 0 Å². The fraction of sp³-hybridized carbons (Fsp3) is 0.455. The maximum Gasteiger partial charge on any atom is 0.341 e. The number of carbonyl (C=O) groups is 2. The second-order valence-corrected chi connectivity index (χ2v) is 3.27. The van der Waals surface area contributed by atoms with Crippen molar-refractivity contribution >= 4 is 17.8 Å². The first-order valence-electron chi connectivity index (χ1n) is 5.68. The van der Waals surface area contributed by atoms with Crippen LogP contribution in [0.1, 0.15) is 24.2 Å². The first-order valence-corrected chi connectivity index (χ1v) is 5.68. The lowest BCUT2D eigenvalue weighted by atomic mass is 10.3. The number of H-pyrrole nitrogens is 1. The third kappa shape index (κ3) is 4.10. The minimum Gasteiger partial charge on any atom is -0.465 e. The second kappa shape index (κ2) is 7.33. The molecule has 0 fully saturated rings. The lowest BCUT2D eigenvalue weighted by Gasteiger charge is -2.08. The van der Waals surface area contributed by atoms with E-state index >= 15 is 0 Å². The zero-order chi connectivity index (χ0) is 13.4. The third-order valence-corrected chi connectivity index (χ3v) is 1.99. The Labute approximate surface area is 105 Å². The van der Waals surface area contributed by atoms with Crippen molar-refractivity contribution in [3.63, 3.8) is 0 Å². The Morgan fingerprint density at radius 3 is 2.67 bits per heavy atom. The second-order valence-electron chi connectivity index (χ2n) is 3.27. The highest BCUT2D eigenvalue weighted by atomic mass is 16.5. The van der Waals surface area contributed by atoms with E-state index in [4.69, 9.17) is 9.47 Å². The van der Waals surface area contributed by atoms with E-state index in [0.717, 1.165) is 0 Å². The monoisotopic (exact) mass is 255 g/mol. The quantitative estimate of drug-likeness (QED) is 0.490. The molecule has 7 heteroatoms. The van der Waals surface area contributed by atoms with E-state index in [-0.39, 0.29) is 12.5 Å². The summed E-state index contributed by atoms with van der Waals surface area (Å²) in [7, 11) is 0. The smallest absolute Gasteiger partial charge is 0.341 e. The predicted octanol–water partition coefficient (Wildman–Crippen LogP) is 0.671. The Balaban J connectivity index is 2.45. The van der Waals surface area contributed by atoms with Gasteiger partial charge in [-0.05, 0) is 19.9 Å². The Hall–Kier alpha value is -2.02. The van der Waals surface area contributed by atoms with Crippen molar-refractivity contribution in [1.82, 2.24) is 10.4 Å². The van der Waals surface area contributed by atoms with Gasteiger partial charge in [0.1, 0.15) is 17.9 Å². The topological polar surface area (TPSA) is 92.5 Å². The van der Waals surface area contributed by atoms with Crippen LogP contribution < -0.4 is 10.9 Å². The van der Waals surface area contributed by atoms with E-state index in [0.29, 0.717) is 24.6 Å². The van der Waals surface area contributed by atoms with Crippen LogP contribution in [0.15, 0.2) is 12.3 Å². The summed E-state index contributed by atoms with van der Waals surface area (Å²) in [6, 6.07) is 1.59. The standard InChI is InChI=1S/C11H17N3O4/c1-3-17-9(15)7-13-14-10-8(5-6-12-10)11(16)18-4-2/h5-6,12-14H,3-4,7H2,1-2H3. The molecule has 100 valence electrons. The maximum absolute atomic E-state index is 11.5. The molecule has 0 saturated heterocycles. The Kier molecular flexibility index (Phi) is 5.72. The number of rotatable bonds is 7. The summed E-state index contributed by atoms with van der Waals surface area (Å²) in [5.41, 5.74) is 5.73. The van der Waals surface area contributed by atoms with Crippen LogP contribution in [0.4, 0.5) is 5.82 Å². The van der Waals surface area contributed by atoms with Crippen LogP contribution in [0.5, 0.6) is 0 Å². The van der Waals surface area contributed by atoms with Gasteiger partial charge in [-0.25, -0.2) is 10.2 Å². The van der Waals surface area contributed by atoms with Gasteiger partial charge in [0.2, 0.25) is 0 Å². The van der Waals surface area contributed by atoms with Crippen molar-refractivity contribution in [3.05, 3.63) is 17.8 Å². The molecule has 0 amide bonds. The van der Waals surface area contributed by atoms with Crippen molar-refractivity contribution in [2.75, 3.05) is 25.2 Å². The largest absolute Gasteiger partial charge is 0.465 e. The van der Waals surface area contributed by atoms with Gasteiger partial charge in [0.15, 0.2) is 0 Å². The molecule has 0 aliphatic carbocycles. The van der Waals surface area contributed by atoms with E-state index in [9.17, 15) is 9.59 Å². The molecule has 1 aromatic rings. The highest BCUT2D eigenvalue weighted by molar-refractivity contribution is 5.94. The summed E-state index contributed by atoms with van der Waals surface area (Å²) in [5, 5.41) is 0. The molecular formula is C11H17N3O4. The van der Waals surface area contributed by atoms with E-state index in [2.05, 4.69) is 15.8 Å². The average molecular weight is 255 g/mol. The normalized spacial score (nSPS) is 9.89. The van der Waals surface area contributed by atoms with Crippen molar-refractivity contribution in [1.29, 1.82) is 0 Å². The van der Waals surface area contributed by atoms with Gasteiger partial charge in [0.25, 0.3) is 0 Å². The predicted molar refractivity (Wildman–Crippen MR) is 65.0 cm³/mol. The number of aromatic amines is 1. The number of aromatic nitrogens is 1. The maximum atomic E-state index is 11.5. The molecule has 0 radical (unpaired) electrons. The Bertz CT molecular complexity index is 403. The fourth-order valence-corrected chi connectivity index (χ4v) is 1.27. The van der Waals surface area contributed by atoms with Crippen LogP contribution >= 0.6 is 0 Å². The van der Waals surface area contributed by atoms with Gasteiger partial charge in [-0.2, -0.15) is 0 Å². The number of carbonyl (C=O) groups excluding carboxylic acids is 2. The van der Waals surface area contributed by atoms with Crippen molar-refractivity contribution in [3.8, 4) is 0 Å². The molecule has 0 aromatic carbocycles. The van der Waals surface area contributed by atoms with E-state index < -0.39 is 5.97 Å². The molecule has 18 heavy (non-hydrogen) atoms. The number of anilines is 1. The van der Waals surface area contributed by atoms with Crippen molar-refractivity contribution < 1.29 is 19.1 Å². The minimum atomic E-state index is -0.431. The van der Waals surface area contributed by atoms with E-state index in [1.54, 1.807) is 26.1 Å². The molecule has 0 bridgehead atoms. The lowest BCUT2D eigenvalue weighted by molar-refractivity contribution is -0.141. The molecule has 1 heterocycles. The summed E-state index contributed by atoms with van der Waals surface area (Å²) in [6.45, 7) is 4.09. The number of esters is 2. The van der Waals surface area contributed by atoms with E-state index in [1.807, 2.05) is 0 Å². The summed E-state index contributed by atoms with van der Waals surface area (Å²) >= 11 is 0. The molecule has 1 aromatic heterocycles. The Morgan fingerprint density at radius 2 is 2.00 bits per heavy atom. The summed E-state index contributed by atoms with van der Waals surface area (Å²) in [6.07, 6.45) is 1.60. The summed E-state index contributed by atoms with van der Waals surface area (Å²) < 4.78 is 9.61. The van der Waals surface area contributed by atoms with Crippen LogP contribution in [0, 0.1) is 0 Å². The van der Waals surface area contributed by atoms with Gasteiger partial charge in [0, 0.05) is 6.20 Å². The molecule has 7 nitrogen and oxygen atoms in total. The third-order valence-electron chi connectivity index (χ3n) is 1.99. The van der Waals surface area contributed by atoms with Gasteiger partial charge in [0.05, 0.1) is 13.2 Å². The first kappa shape index (κ1) is 14.0. The van der Waals surface area contributed by atoms with Crippen molar-refractivity contribution in [2.24, 2.45) is 0 Å². The molecule has 1 rings (SSSR count). The zero-order valence-electron chi connectivity index (χ0n) is 10.4. The minimum absolute atomic E-state index is 0.00484. The van der Waals surface area contributed by atoms with E-state index in [1.165, 1.54) is 0 Å². The van der Waals surface area contributed by atoms with Crippen molar-refractivity contribution in [2.45, 2.75) is 13.8 Å². The molecule has 0 saturated carbocycles. The van der Waals surface area contributed by atoms with Crippen LogP contribution in [-0.2, 0) is 14.3 Å². The van der Waals surface area contributed by atoms with Crippen LogP contribution in [-0.4, -0.2) is 36.7 Å². The highest BCUT2D eigenvalue weighted by Crippen LogP contribution is 2.12. The molecular weight excluding hydrogens is 238 g/mol. The number of hydrogen-bond donors (Lipinski definition) is 3. The first-order chi connectivity index (χ1) is 8.69. The number of nitrogens with one attached hydrogen (secondary N) is 3. The van der Waals surface area contributed by atoms with Crippen LogP contribution in [0.2, 0.25) is 0 Å². The SMILES string of the molecule is CCOC(=O)CNNc1[nH]ccc1C(=O)OCC. The Morgan fingerprint density at radius 1 is 1.28 bits per heavy atom. The van der Waals surface area contributed by atoms with Gasteiger partial charge in [-0.3, -0.25) is 4.79 Å². The zero-order valence-corrected chi connectivity index (χ0v) is 10.4.